The summed E-state index contributed by atoms with van der Waals surface area (Å²) in [6, 6.07) is 6.77. The first-order chi connectivity index (χ1) is 11.5. The number of amides is 1. The average molecular weight is 354 g/mol. The number of nitrogens with one attached hydrogen (secondary N) is 1. The van der Waals surface area contributed by atoms with Crippen LogP contribution in [0.15, 0.2) is 24.3 Å². The molecule has 0 unspecified atom stereocenters. The van der Waals surface area contributed by atoms with Gasteiger partial charge in [-0.15, -0.1) is 0 Å². The predicted molar refractivity (Wildman–Crippen MR) is 93.3 cm³/mol. The van der Waals surface area contributed by atoms with Crippen molar-refractivity contribution in [2.75, 3.05) is 32.8 Å². The zero-order chi connectivity index (χ0) is 17.4. The van der Waals surface area contributed by atoms with Gasteiger partial charge in [0.2, 0.25) is 10.0 Å². The normalized spacial score (nSPS) is 16.0. The molecule has 1 aliphatic heterocycles. The van der Waals surface area contributed by atoms with E-state index < -0.39 is 10.0 Å². The second-order valence-corrected chi connectivity index (χ2v) is 7.90. The van der Waals surface area contributed by atoms with Crippen molar-refractivity contribution in [1.29, 1.82) is 0 Å². The summed E-state index contributed by atoms with van der Waals surface area (Å²) in [6.07, 6.45) is 3.18. The van der Waals surface area contributed by atoms with Gasteiger partial charge in [0.05, 0.1) is 19.0 Å². The lowest BCUT2D eigenvalue weighted by atomic mass is 10.1. The fraction of sp³-hybridized carbons (Fsp3) is 0.588. The Morgan fingerprint density at radius 3 is 2.46 bits per heavy atom. The molecule has 1 heterocycles. The highest BCUT2D eigenvalue weighted by Gasteiger charge is 2.24. The van der Waals surface area contributed by atoms with Crippen LogP contribution in [0.5, 0.6) is 0 Å². The zero-order valence-electron chi connectivity index (χ0n) is 14.2. The first-order valence-corrected chi connectivity index (χ1v) is 10.1. The summed E-state index contributed by atoms with van der Waals surface area (Å²) in [4.78, 5) is 12.0. The Labute approximate surface area is 144 Å². The third-order valence-corrected chi connectivity index (χ3v) is 5.84. The Hall–Kier alpha value is -1.44. The number of sulfonamides is 1. The number of unbranched alkanes of at least 4 members (excludes halogenated alkanes) is 2. The molecule has 0 atom stereocenters. The van der Waals surface area contributed by atoms with Crippen molar-refractivity contribution < 1.29 is 17.9 Å². The fourth-order valence-electron chi connectivity index (χ4n) is 2.56. The number of hydrogen-bond acceptors (Lipinski definition) is 4. The van der Waals surface area contributed by atoms with Crippen molar-refractivity contribution in [2.45, 2.75) is 31.9 Å². The lowest BCUT2D eigenvalue weighted by Crippen LogP contribution is -2.41. The summed E-state index contributed by atoms with van der Waals surface area (Å²) in [5.74, 6) is -0.167. The predicted octanol–water partition coefficient (Wildman–Crippen LogP) is 1.77. The number of carbonyl (C=O) groups excluding carboxylic acids is 1. The molecule has 1 N–H and O–H groups in total. The molecule has 24 heavy (non-hydrogen) atoms. The second-order valence-electron chi connectivity index (χ2n) is 5.93. The summed E-state index contributed by atoms with van der Waals surface area (Å²) in [5, 5.41) is 2.87. The van der Waals surface area contributed by atoms with Crippen LogP contribution in [0.3, 0.4) is 0 Å². The van der Waals surface area contributed by atoms with Crippen molar-refractivity contribution >= 4 is 15.9 Å². The van der Waals surface area contributed by atoms with Crippen molar-refractivity contribution in [1.82, 2.24) is 9.62 Å². The van der Waals surface area contributed by atoms with E-state index in [2.05, 4.69) is 12.2 Å². The molecule has 0 aromatic heterocycles. The van der Waals surface area contributed by atoms with Crippen molar-refractivity contribution in [2.24, 2.45) is 0 Å². The van der Waals surface area contributed by atoms with E-state index in [1.807, 2.05) is 0 Å². The molecule has 0 bridgehead atoms. The van der Waals surface area contributed by atoms with E-state index in [4.69, 9.17) is 4.74 Å². The fourth-order valence-corrected chi connectivity index (χ4v) is 4.06. The summed E-state index contributed by atoms with van der Waals surface area (Å²) < 4.78 is 31.4. The molecule has 0 spiro atoms. The second kappa shape index (κ2) is 9.15. The van der Waals surface area contributed by atoms with Crippen molar-refractivity contribution in [3.8, 4) is 0 Å². The minimum Gasteiger partial charge on any atom is -0.379 e. The first-order valence-electron chi connectivity index (χ1n) is 8.45. The highest BCUT2D eigenvalue weighted by molar-refractivity contribution is 7.88. The quantitative estimate of drug-likeness (QED) is 0.722. The van der Waals surface area contributed by atoms with Gasteiger partial charge in [0.25, 0.3) is 5.91 Å². The number of hydrogen-bond donors (Lipinski definition) is 1. The van der Waals surface area contributed by atoms with Crippen LogP contribution in [0.25, 0.3) is 0 Å². The highest BCUT2D eigenvalue weighted by Crippen LogP contribution is 2.13. The minimum absolute atomic E-state index is 0.0502. The molecule has 0 radical (unpaired) electrons. The number of ether oxygens (including phenoxy) is 1. The van der Waals surface area contributed by atoms with E-state index in [0.29, 0.717) is 44.0 Å². The van der Waals surface area contributed by atoms with E-state index in [1.165, 1.54) is 4.31 Å². The Morgan fingerprint density at radius 1 is 1.17 bits per heavy atom. The van der Waals surface area contributed by atoms with Crippen LogP contribution in [0.1, 0.15) is 42.1 Å². The lowest BCUT2D eigenvalue weighted by Gasteiger charge is -2.26. The smallest absolute Gasteiger partial charge is 0.251 e. The monoisotopic (exact) mass is 354 g/mol. The van der Waals surface area contributed by atoms with Gasteiger partial charge in [0, 0.05) is 25.2 Å². The number of morpholine rings is 1. The van der Waals surface area contributed by atoms with Crippen LogP contribution in [0.4, 0.5) is 0 Å². The number of rotatable bonds is 8. The first kappa shape index (κ1) is 18.9. The molecule has 7 heteroatoms. The van der Waals surface area contributed by atoms with E-state index in [1.54, 1.807) is 24.3 Å². The SMILES string of the molecule is CCCCCNC(=O)c1ccc(CS(=O)(=O)N2CCOCC2)cc1. The molecule has 0 aliphatic carbocycles. The van der Waals surface area contributed by atoms with Crippen molar-refractivity contribution in [3.05, 3.63) is 35.4 Å². The van der Waals surface area contributed by atoms with Gasteiger partial charge in [-0.05, 0) is 24.1 Å². The Morgan fingerprint density at radius 2 is 1.83 bits per heavy atom. The number of benzene rings is 1. The van der Waals surface area contributed by atoms with Gasteiger partial charge >= 0.3 is 0 Å². The summed E-state index contributed by atoms with van der Waals surface area (Å²) in [7, 11) is -3.34. The van der Waals surface area contributed by atoms with Gasteiger partial charge in [-0.25, -0.2) is 8.42 Å². The topological polar surface area (TPSA) is 75.7 Å². The van der Waals surface area contributed by atoms with E-state index in [-0.39, 0.29) is 11.7 Å². The molecule has 2 rings (SSSR count). The van der Waals surface area contributed by atoms with Crippen LogP contribution in [-0.4, -0.2) is 51.5 Å². The van der Waals surface area contributed by atoms with Crippen LogP contribution < -0.4 is 5.32 Å². The van der Waals surface area contributed by atoms with Gasteiger partial charge in [0.1, 0.15) is 0 Å². The summed E-state index contributed by atoms with van der Waals surface area (Å²) >= 11 is 0. The van der Waals surface area contributed by atoms with Gasteiger partial charge < -0.3 is 10.1 Å². The lowest BCUT2D eigenvalue weighted by molar-refractivity contribution is 0.0729. The minimum atomic E-state index is -3.34. The maximum Gasteiger partial charge on any atom is 0.251 e. The highest BCUT2D eigenvalue weighted by atomic mass is 32.2. The zero-order valence-corrected chi connectivity index (χ0v) is 15.0. The maximum absolute atomic E-state index is 12.4. The third kappa shape index (κ3) is 5.58. The summed E-state index contributed by atoms with van der Waals surface area (Å²) in [5.41, 5.74) is 1.24. The molecule has 1 aromatic rings. The van der Waals surface area contributed by atoms with E-state index >= 15 is 0 Å². The Kier molecular flexibility index (Phi) is 7.20. The van der Waals surface area contributed by atoms with E-state index in [0.717, 1.165) is 19.3 Å². The molecule has 1 saturated heterocycles. The number of nitrogens with zero attached hydrogens (tertiary/aromatic N) is 1. The standard InChI is InChI=1S/C17H26N2O4S/c1-2-3-4-9-18-17(20)16-7-5-15(6-8-16)14-24(21,22)19-10-12-23-13-11-19/h5-8H,2-4,9-14H2,1H3,(H,18,20). The van der Waals surface area contributed by atoms with Crippen molar-refractivity contribution in [3.63, 3.8) is 0 Å². The molecular formula is C17H26N2O4S. The number of carbonyl (C=O) groups is 1. The van der Waals surface area contributed by atoms with Gasteiger partial charge in [-0.2, -0.15) is 4.31 Å². The molecule has 1 aromatic carbocycles. The van der Waals surface area contributed by atoms with Gasteiger partial charge in [-0.3, -0.25) is 4.79 Å². The molecule has 1 aliphatic rings. The van der Waals surface area contributed by atoms with Crippen LogP contribution >= 0.6 is 0 Å². The van der Waals surface area contributed by atoms with Gasteiger partial charge in [0.15, 0.2) is 0 Å². The average Bonchev–Trinajstić information content (AvgIpc) is 2.60. The largest absolute Gasteiger partial charge is 0.379 e. The van der Waals surface area contributed by atoms with Crippen LogP contribution in [-0.2, 0) is 20.5 Å². The molecular weight excluding hydrogens is 328 g/mol. The summed E-state index contributed by atoms with van der Waals surface area (Å²) in [6.45, 7) is 4.47. The molecule has 0 saturated carbocycles. The van der Waals surface area contributed by atoms with E-state index in [9.17, 15) is 13.2 Å². The third-order valence-electron chi connectivity index (χ3n) is 3.99. The van der Waals surface area contributed by atoms with Crippen LogP contribution in [0, 0.1) is 0 Å². The molecule has 1 amide bonds. The van der Waals surface area contributed by atoms with Crippen LogP contribution in [0.2, 0.25) is 0 Å². The van der Waals surface area contributed by atoms with Gasteiger partial charge in [-0.1, -0.05) is 31.9 Å². The Balaban J connectivity index is 1.90. The molecule has 1 fully saturated rings. The maximum atomic E-state index is 12.4. The Bertz CT molecular complexity index is 622. The molecule has 6 nitrogen and oxygen atoms in total. The molecule has 134 valence electrons.